The largest absolute Gasteiger partial charge is 0.493 e. The van der Waals surface area contributed by atoms with E-state index in [-0.39, 0.29) is 17.9 Å². The standard InChI is InChI=1S/C22H29N3O3/c1-24(12-16-9-10-20(27-2)21(11-16)28-3)22(26)15-25-13-18(19(23)14-25)17-7-5-4-6-8-17/h4-11,18-19H,12-15,23H2,1-3H3/t18-,19+/m0/s1. The highest BCUT2D eigenvalue weighted by Gasteiger charge is 2.32. The monoisotopic (exact) mass is 383 g/mol. The van der Waals surface area contributed by atoms with Gasteiger partial charge in [-0.15, -0.1) is 0 Å². The van der Waals surface area contributed by atoms with Gasteiger partial charge in [0.2, 0.25) is 5.91 Å². The molecule has 150 valence electrons. The number of ether oxygens (including phenoxy) is 2. The van der Waals surface area contributed by atoms with Crippen LogP contribution in [0.15, 0.2) is 48.5 Å². The first-order chi connectivity index (χ1) is 13.5. The van der Waals surface area contributed by atoms with E-state index < -0.39 is 0 Å². The number of carbonyl (C=O) groups is 1. The van der Waals surface area contributed by atoms with E-state index >= 15 is 0 Å². The Bertz CT molecular complexity index is 797. The molecule has 0 aliphatic carbocycles. The van der Waals surface area contributed by atoms with Gasteiger partial charge in [0.1, 0.15) is 0 Å². The highest BCUT2D eigenvalue weighted by Crippen LogP contribution is 2.28. The number of hydrogen-bond donors (Lipinski definition) is 1. The summed E-state index contributed by atoms with van der Waals surface area (Å²) in [5.74, 6) is 1.69. The number of likely N-dealkylation sites (tertiary alicyclic amines) is 1. The molecule has 6 nitrogen and oxygen atoms in total. The number of likely N-dealkylation sites (N-methyl/N-ethyl adjacent to an activating group) is 1. The highest BCUT2D eigenvalue weighted by atomic mass is 16.5. The zero-order valence-electron chi connectivity index (χ0n) is 16.8. The Labute approximate surface area is 166 Å². The van der Waals surface area contributed by atoms with Crippen molar-refractivity contribution in [2.45, 2.75) is 18.5 Å². The molecule has 1 aliphatic heterocycles. The summed E-state index contributed by atoms with van der Waals surface area (Å²) in [7, 11) is 5.04. The van der Waals surface area contributed by atoms with Crippen LogP contribution in [0.4, 0.5) is 0 Å². The van der Waals surface area contributed by atoms with Gasteiger partial charge in [0, 0.05) is 38.6 Å². The minimum atomic E-state index is 0.0476. The van der Waals surface area contributed by atoms with Gasteiger partial charge in [0.25, 0.3) is 0 Å². The molecule has 1 aliphatic rings. The van der Waals surface area contributed by atoms with E-state index in [1.165, 1.54) is 5.56 Å². The van der Waals surface area contributed by atoms with Crippen molar-refractivity contribution in [3.63, 3.8) is 0 Å². The molecule has 2 atom stereocenters. The molecule has 0 spiro atoms. The van der Waals surface area contributed by atoms with Gasteiger partial charge < -0.3 is 20.1 Å². The lowest BCUT2D eigenvalue weighted by atomic mass is 9.95. The molecule has 0 saturated carbocycles. The fourth-order valence-corrected chi connectivity index (χ4v) is 3.75. The Morgan fingerprint density at radius 3 is 2.50 bits per heavy atom. The summed E-state index contributed by atoms with van der Waals surface area (Å²) in [4.78, 5) is 16.6. The summed E-state index contributed by atoms with van der Waals surface area (Å²) < 4.78 is 10.6. The number of nitrogens with two attached hydrogens (primary N) is 1. The third-order valence-corrected chi connectivity index (χ3v) is 5.32. The number of carbonyl (C=O) groups excluding carboxylic acids is 1. The van der Waals surface area contributed by atoms with E-state index in [2.05, 4.69) is 17.0 Å². The molecule has 2 N–H and O–H groups in total. The average Bonchev–Trinajstić information content (AvgIpc) is 3.08. The van der Waals surface area contributed by atoms with E-state index in [0.717, 1.165) is 18.7 Å². The van der Waals surface area contributed by atoms with Crippen LogP contribution in [-0.4, -0.2) is 62.7 Å². The number of nitrogens with zero attached hydrogens (tertiary/aromatic N) is 2. The summed E-state index contributed by atoms with van der Waals surface area (Å²) in [5.41, 5.74) is 8.58. The molecule has 0 unspecified atom stereocenters. The molecule has 1 heterocycles. The van der Waals surface area contributed by atoms with Crippen molar-refractivity contribution >= 4 is 5.91 Å². The van der Waals surface area contributed by atoms with E-state index in [9.17, 15) is 4.79 Å². The average molecular weight is 383 g/mol. The van der Waals surface area contributed by atoms with Crippen LogP contribution in [0.5, 0.6) is 11.5 Å². The minimum Gasteiger partial charge on any atom is -0.493 e. The molecule has 2 aromatic rings. The molecule has 0 bridgehead atoms. The number of methoxy groups -OCH3 is 2. The van der Waals surface area contributed by atoms with Gasteiger partial charge in [-0.2, -0.15) is 0 Å². The van der Waals surface area contributed by atoms with Crippen molar-refractivity contribution < 1.29 is 14.3 Å². The number of amides is 1. The second-order valence-corrected chi connectivity index (χ2v) is 7.31. The van der Waals surface area contributed by atoms with Crippen LogP contribution in [0, 0.1) is 0 Å². The predicted octanol–water partition coefficient (Wildman–Crippen LogP) is 2.09. The quantitative estimate of drug-likeness (QED) is 0.793. The van der Waals surface area contributed by atoms with Crippen molar-refractivity contribution in [2.24, 2.45) is 5.73 Å². The van der Waals surface area contributed by atoms with E-state index in [1.807, 2.05) is 43.4 Å². The maximum atomic E-state index is 12.7. The molecule has 0 radical (unpaired) electrons. The number of rotatable bonds is 7. The first-order valence-electron chi connectivity index (χ1n) is 9.49. The van der Waals surface area contributed by atoms with Gasteiger partial charge in [-0.3, -0.25) is 9.69 Å². The molecule has 28 heavy (non-hydrogen) atoms. The molecular formula is C22H29N3O3. The molecule has 3 rings (SSSR count). The van der Waals surface area contributed by atoms with Gasteiger partial charge in [-0.25, -0.2) is 0 Å². The fraction of sp³-hybridized carbons (Fsp3) is 0.409. The predicted molar refractivity (Wildman–Crippen MR) is 110 cm³/mol. The lowest BCUT2D eigenvalue weighted by Gasteiger charge is -2.22. The molecular weight excluding hydrogens is 354 g/mol. The molecule has 6 heteroatoms. The Hall–Kier alpha value is -2.57. The minimum absolute atomic E-state index is 0.0476. The molecule has 2 aromatic carbocycles. The summed E-state index contributed by atoms with van der Waals surface area (Å²) in [6.45, 7) is 2.43. The van der Waals surface area contributed by atoms with Crippen LogP contribution in [0.25, 0.3) is 0 Å². The van der Waals surface area contributed by atoms with Gasteiger partial charge in [0.05, 0.1) is 20.8 Å². The van der Waals surface area contributed by atoms with E-state index in [4.69, 9.17) is 15.2 Å². The van der Waals surface area contributed by atoms with Crippen LogP contribution in [0.1, 0.15) is 17.0 Å². The summed E-state index contributed by atoms with van der Waals surface area (Å²) in [5, 5.41) is 0. The third-order valence-electron chi connectivity index (χ3n) is 5.32. The highest BCUT2D eigenvalue weighted by molar-refractivity contribution is 5.78. The van der Waals surface area contributed by atoms with Gasteiger partial charge in [0.15, 0.2) is 11.5 Å². The lowest BCUT2D eigenvalue weighted by Crippen LogP contribution is -2.38. The number of benzene rings is 2. The van der Waals surface area contributed by atoms with Crippen molar-refractivity contribution in [3.8, 4) is 11.5 Å². The first kappa shape index (κ1) is 20.2. The SMILES string of the molecule is COc1ccc(CN(C)C(=O)CN2C[C@@H](N)[C@H](c3ccccc3)C2)cc1OC. The summed E-state index contributed by atoms with van der Waals surface area (Å²) in [6.07, 6.45) is 0. The van der Waals surface area contributed by atoms with Crippen molar-refractivity contribution in [3.05, 3.63) is 59.7 Å². The molecule has 1 fully saturated rings. The smallest absolute Gasteiger partial charge is 0.236 e. The van der Waals surface area contributed by atoms with Gasteiger partial charge in [-0.05, 0) is 23.3 Å². The Morgan fingerprint density at radius 1 is 1.11 bits per heavy atom. The molecule has 1 amide bonds. The Morgan fingerprint density at radius 2 is 1.82 bits per heavy atom. The van der Waals surface area contributed by atoms with Gasteiger partial charge in [-0.1, -0.05) is 36.4 Å². The Kier molecular flexibility index (Phi) is 6.54. The Balaban J connectivity index is 1.57. The normalized spacial score (nSPS) is 19.4. The summed E-state index contributed by atoms with van der Waals surface area (Å²) >= 11 is 0. The second kappa shape index (κ2) is 9.08. The third kappa shape index (κ3) is 4.64. The van der Waals surface area contributed by atoms with Crippen molar-refractivity contribution in [2.75, 3.05) is 40.9 Å². The van der Waals surface area contributed by atoms with E-state index in [0.29, 0.717) is 24.6 Å². The maximum absolute atomic E-state index is 12.7. The van der Waals surface area contributed by atoms with Crippen molar-refractivity contribution in [1.82, 2.24) is 9.80 Å². The lowest BCUT2D eigenvalue weighted by molar-refractivity contribution is -0.131. The zero-order chi connectivity index (χ0) is 20.1. The van der Waals surface area contributed by atoms with Crippen LogP contribution in [0.2, 0.25) is 0 Å². The second-order valence-electron chi connectivity index (χ2n) is 7.31. The van der Waals surface area contributed by atoms with Crippen LogP contribution in [-0.2, 0) is 11.3 Å². The first-order valence-corrected chi connectivity index (χ1v) is 9.49. The van der Waals surface area contributed by atoms with E-state index in [1.54, 1.807) is 19.1 Å². The van der Waals surface area contributed by atoms with Crippen LogP contribution in [0.3, 0.4) is 0 Å². The molecule has 0 aromatic heterocycles. The topological polar surface area (TPSA) is 68.0 Å². The van der Waals surface area contributed by atoms with Gasteiger partial charge >= 0.3 is 0 Å². The molecule has 1 saturated heterocycles. The maximum Gasteiger partial charge on any atom is 0.236 e. The van der Waals surface area contributed by atoms with Crippen LogP contribution >= 0.6 is 0 Å². The van der Waals surface area contributed by atoms with Crippen molar-refractivity contribution in [1.29, 1.82) is 0 Å². The fourth-order valence-electron chi connectivity index (χ4n) is 3.75. The number of hydrogen-bond acceptors (Lipinski definition) is 5. The van der Waals surface area contributed by atoms with Crippen LogP contribution < -0.4 is 15.2 Å². The zero-order valence-corrected chi connectivity index (χ0v) is 16.8. The summed E-state index contributed by atoms with van der Waals surface area (Å²) in [6, 6.07) is 16.1.